The van der Waals surface area contributed by atoms with Gasteiger partial charge in [0, 0.05) is 26.8 Å². The first kappa shape index (κ1) is 14.6. The Hall–Kier alpha value is -2.30. The summed E-state index contributed by atoms with van der Waals surface area (Å²) in [6, 6.07) is 12.3. The van der Waals surface area contributed by atoms with Crippen molar-refractivity contribution in [2.45, 2.75) is 18.9 Å². The van der Waals surface area contributed by atoms with E-state index in [1.807, 2.05) is 61.6 Å². The van der Waals surface area contributed by atoms with Crippen LogP contribution in [-0.2, 0) is 0 Å². The lowest BCUT2D eigenvalue weighted by atomic mass is 10.2. The lowest BCUT2D eigenvalue weighted by Gasteiger charge is -2.26. The number of benzene rings is 1. The molecule has 2 aromatic rings. The number of hydrogen-bond acceptors (Lipinski definition) is 5. The van der Waals surface area contributed by atoms with Gasteiger partial charge in [0.05, 0.1) is 6.04 Å². The fourth-order valence-corrected chi connectivity index (χ4v) is 2.73. The van der Waals surface area contributed by atoms with Crippen molar-refractivity contribution in [3.05, 3.63) is 42.6 Å². The monoisotopic (exact) mass is 298 g/mol. The van der Waals surface area contributed by atoms with Crippen molar-refractivity contribution in [1.29, 1.82) is 0 Å². The molecular weight excluding hydrogens is 276 g/mol. The number of aromatic nitrogens is 2. The van der Waals surface area contributed by atoms with Gasteiger partial charge in [0.15, 0.2) is 0 Å². The van der Waals surface area contributed by atoms with Crippen molar-refractivity contribution < 1.29 is 4.74 Å². The number of hydrogen-bond donors (Lipinski definition) is 0. The topological polar surface area (TPSA) is 41.5 Å². The van der Waals surface area contributed by atoms with Crippen LogP contribution >= 0.6 is 0 Å². The second-order valence-corrected chi connectivity index (χ2v) is 5.72. The average molecular weight is 298 g/mol. The number of rotatable bonds is 5. The van der Waals surface area contributed by atoms with E-state index in [1.165, 1.54) is 6.42 Å². The van der Waals surface area contributed by atoms with E-state index in [0.717, 1.165) is 30.5 Å². The van der Waals surface area contributed by atoms with Crippen LogP contribution in [0.25, 0.3) is 0 Å². The summed E-state index contributed by atoms with van der Waals surface area (Å²) in [5.41, 5.74) is 0. The first-order chi connectivity index (χ1) is 10.7. The van der Waals surface area contributed by atoms with Crippen molar-refractivity contribution in [1.82, 2.24) is 9.97 Å². The Morgan fingerprint density at radius 1 is 1.23 bits per heavy atom. The van der Waals surface area contributed by atoms with Gasteiger partial charge in [-0.15, -0.1) is 0 Å². The van der Waals surface area contributed by atoms with E-state index in [1.54, 1.807) is 0 Å². The first-order valence-electron chi connectivity index (χ1n) is 7.69. The molecule has 116 valence electrons. The summed E-state index contributed by atoms with van der Waals surface area (Å²) in [6.45, 7) is 1.71. The molecule has 1 saturated heterocycles. The molecule has 0 bridgehead atoms. The minimum absolute atomic E-state index is 0.366. The largest absolute Gasteiger partial charge is 0.491 e. The summed E-state index contributed by atoms with van der Waals surface area (Å²) >= 11 is 0. The molecule has 0 N–H and O–H groups in total. The minimum atomic E-state index is 0.366. The molecule has 0 unspecified atom stereocenters. The van der Waals surface area contributed by atoms with E-state index in [2.05, 4.69) is 14.9 Å². The predicted molar refractivity (Wildman–Crippen MR) is 88.7 cm³/mol. The van der Waals surface area contributed by atoms with Crippen molar-refractivity contribution in [2.24, 2.45) is 0 Å². The molecule has 3 rings (SSSR count). The standard InChI is InChI=1S/C17H22N4O/c1-20(2)17-18-11-10-16(19-17)21-12-6-7-14(21)13-22-15-8-4-3-5-9-15/h3-5,8-11,14H,6-7,12-13H2,1-2H3/t14-/m1/s1. The molecule has 0 saturated carbocycles. The van der Waals surface area contributed by atoms with Crippen LogP contribution in [0.15, 0.2) is 42.6 Å². The highest BCUT2D eigenvalue weighted by Crippen LogP contribution is 2.25. The highest BCUT2D eigenvalue weighted by molar-refractivity contribution is 5.45. The summed E-state index contributed by atoms with van der Waals surface area (Å²) in [5, 5.41) is 0. The Bertz CT molecular complexity index is 603. The maximum absolute atomic E-state index is 5.92. The summed E-state index contributed by atoms with van der Waals surface area (Å²) in [7, 11) is 3.91. The van der Waals surface area contributed by atoms with Gasteiger partial charge in [0.25, 0.3) is 0 Å². The van der Waals surface area contributed by atoms with Crippen LogP contribution in [0.5, 0.6) is 5.75 Å². The molecule has 1 aromatic carbocycles. The third kappa shape index (κ3) is 3.30. The van der Waals surface area contributed by atoms with Gasteiger partial charge in [-0.2, -0.15) is 4.98 Å². The van der Waals surface area contributed by atoms with Gasteiger partial charge < -0.3 is 14.5 Å². The molecule has 1 atom stereocenters. The van der Waals surface area contributed by atoms with Crippen LogP contribution in [0.1, 0.15) is 12.8 Å². The van der Waals surface area contributed by atoms with E-state index in [0.29, 0.717) is 12.6 Å². The molecule has 0 aliphatic carbocycles. The lowest BCUT2D eigenvalue weighted by molar-refractivity contribution is 0.288. The van der Waals surface area contributed by atoms with Gasteiger partial charge >= 0.3 is 0 Å². The molecular formula is C17H22N4O. The third-order valence-corrected chi connectivity index (χ3v) is 3.89. The minimum Gasteiger partial charge on any atom is -0.491 e. The molecule has 1 aliphatic heterocycles. The first-order valence-corrected chi connectivity index (χ1v) is 7.69. The van der Waals surface area contributed by atoms with E-state index in [4.69, 9.17) is 4.74 Å². The molecule has 1 fully saturated rings. The lowest BCUT2D eigenvalue weighted by Crippen LogP contribution is -2.35. The van der Waals surface area contributed by atoms with Crippen molar-refractivity contribution >= 4 is 11.8 Å². The highest BCUT2D eigenvalue weighted by Gasteiger charge is 2.26. The Morgan fingerprint density at radius 2 is 2.05 bits per heavy atom. The Kier molecular flexibility index (Phi) is 4.42. The molecule has 0 radical (unpaired) electrons. The average Bonchev–Trinajstić information content (AvgIpc) is 3.02. The van der Waals surface area contributed by atoms with Crippen LogP contribution in [0.3, 0.4) is 0 Å². The molecule has 0 spiro atoms. The number of ether oxygens (including phenoxy) is 1. The van der Waals surface area contributed by atoms with Crippen LogP contribution in [0.4, 0.5) is 11.8 Å². The van der Waals surface area contributed by atoms with Gasteiger partial charge in [-0.3, -0.25) is 0 Å². The van der Waals surface area contributed by atoms with Gasteiger partial charge in [0.2, 0.25) is 5.95 Å². The second kappa shape index (κ2) is 6.64. The summed E-state index contributed by atoms with van der Waals surface area (Å²) in [5.74, 6) is 2.65. The highest BCUT2D eigenvalue weighted by atomic mass is 16.5. The quantitative estimate of drug-likeness (QED) is 0.848. The molecule has 1 aromatic heterocycles. The van der Waals surface area contributed by atoms with Crippen LogP contribution in [0, 0.1) is 0 Å². The number of nitrogens with zero attached hydrogens (tertiary/aromatic N) is 4. The maximum atomic E-state index is 5.92. The normalized spacial score (nSPS) is 17.5. The maximum Gasteiger partial charge on any atom is 0.226 e. The van der Waals surface area contributed by atoms with Crippen LogP contribution < -0.4 is 14.5 Å². The van der Waals surface area contributed by atoms with Crippen molar-refractivity contribution in [2.75, 3.05) is 37.0 Å². The fourth-order valence-electron chi connectivity index (χ4n) is 2.73. The Balaban J connectivity index is 1.69. The van der Waals surface area contributed by atoms with Gasteiger partial charge in [-0.1, -0.05) is 18.2 Å². The zero-order valence-corrected chi connectivity index (χ0v) is 13.1. The predicted octanol–water partition coefficient (Wildman–Crippen LogP) is 2.59. The molecule has 22 heavy (non-hydrogen) atoms. The zero-order valence-electron chi connectivity index (χ0n) is 13.1. The van der Waals surface area contributed by atoms with Gasteiger partial charge in [-0.05, 0) is 31.0 Å². The smallest absolute Gasteiger partial charge is 0.226 e. The van der Waals surface area contributed by atoms with E-state index < -0.39 is 0 Å². The van der Waals surface area contributed by atoms with E-state index >= 15 is 0 Å². The summed E-state index contributed by atoms with van der Waals surface area (Å²) < 4.78 is 5.92. The fraction of sp³-hybridized carbons (Fsp3) is 0.412. The third-order valence-electron chi connectivity index (χ3n) is 3.89. The zero-order chi connectivity index (χ0) is 15.4. The molecule has 1 aliphatic rings. The van der Waals surface area contributed by atoms with Crippen molar-refractivity contribution in [3.63, 3.8) is 0 Å². The van der Waals surface area contributed by atoms with Crippen LogP contribution in [0.2, 0.25) is 0 Å². The number of para-hydroxylation sites is 1. The van der Waals surface area contributed by atoms with E-state index in [9.17, 15) is 0 Å². The second-order valence-electron chi connectivity index (χ2n) is 5.72. The molecule has 0 amide bonds. The summed E-state index contributed by atoms with van der Waals surface area (Å²) in [6.07, 6.45) is 4.13. The summed E-state index contributed by atoms with van der Waals surface area (Å²) in [4.78, 5) is 13.2. The Labute approximate surface area is 131 Å². The van der Waals surface area contributed by atoms with Gasteiger partial charge in [-0.25, -0.2) is 4.98 Å². The van der Waals surface area contributed by atoms with Crippen molar-refractivity contribution in [3.8, 4) is 5.75 Å². The SMILES string of the molecule is CN(C)c1nccc(N2CCC[C@@H]2COc2ccccc2)n1. The Morgan fingerprint density at radius 3 is 2.82 bits per heavy atom. The molecule has 5 nitrogen and oxygen atoms in total. The van der Waals surface area contributed by atoms with Gasteiger partial charge in [0.1, 0.15) is 18.2 Å². The molecule has 5 heteroatoms. The molecule has 2 heterocycles. The number of anilines is 2. The van der Waals surface area contributed by atoms with Crippen LogP contribution in [-0.4, -0.2) is 43.3 Å². The van der Waals surface area contributed by atoms with E-state index in [-0.39, 0.29) is 0 Å².